The molecular weight excluding hydrogens is 285 g/mol. The van der Waals surface area contributed by atoms with Crippen molar-refractivity contribution in [3.05, 3.63) is 45.7 Å². The lowest BCUT2D eigenvalue weighted by atomic mass is 10.2. The van der Waals surface area contributed by atoms with Crippen LogP contribution in [0.15, 0.2) is 24.3 Å². The number of halogens is 1. The maximum absolute atomic E-state index is 12.9. The highest BCUT2D eigenvalue weighted by molar-refractivity contribution is 7.11. The normalized spacial score (nSPS) is 11.2. The standard InChI is InChI=1S/C16H22FN3S/c1-12(2)11-18-9-3-4-15-19-20-16(21-15)10-13-5-7-14(17)8-6-13/h5-8,12,18H,3-4,9-11H2,1-2H3. The van der Waals surface area contributed by atoms with E-state index in [4.69, 9.17) is 0 Å². The molecule has 21 heavy (non-hydrogen) atoms. The summed E-state index contributed by atoms with van der Waals surface area (Å²) in [5, 5.41) is 13.9. The molecule has 0 amide bonds. The van der Waals surface area contributed by atoms with Crippen LogP contribution in [0, 0.1) is 11.7 Å². The molecule has 0 radical (unpaired) electrons. The zero-order valence-electron chi connectivity index (χ0n) is 12.6. The van der Waals surface area contributed by atoms with E-state index in [2.05, 4.69) is 29.4 Å². The molecule has 0 unspecified atom stereocenters. The Hall–Kier alpha value is -1.33. The predicted octanol–water partition coefficient (Wildman–Crippen LogP) is 3.45. The van der Waals surface area contributed by atoms with Crippen molar-refractivity contribution in [3.8, 4) is 0 Å². The van der Waals surface area contributed by atoms with Crippen LogP contribution in [0.4, 0.5) is 4.39 Å². The van der Waals surface area contributed by atoms with Gasteiger partial charge in [0, 0.05) is 12.8 Å². The molecule has 1 heterocycles. The van der Waals surface area contributed by atoms with Gasteiger partial charge >= 0.3 is 0 Å². The summed E-state index contributed by atoms with van der Waals surface area (Å²) in [5.74, 6) is 0.486. The average Bonchev–Trinajstić information content (AvgIpc) is 2.88. The molecule has 2 aromatic rings. The Labute approximate surface area is 129 Å². The van der Waals surface area contributed by atoms with E-state index in [-0.39, 0.29) is 5.82 Å². The first-order valence-corrected chi connectivity index (χ1v) is 8.21. The summed E-state index contributed by atoms with van der Waals surface area (Å²) in [6, 6.07) is 6.56. The Morgan fingerprint density at radius 1 is 1.14 bits per heavy atom. The number of aryl methyl sites for hydroxylation is 1. The summed E-state index contributed by atoms with van der Waals surface area (Å²) in [4.78, 5) is 0. The third-order valence-electron chi connectivity index (χ3n) is 3.07. The summed E-state index contributed by atoms with van der Waals surface area (Å²) in [6.45, 7) is 6.50. The van der Waals surface area contributed by atoms with Gasteiger partial charge in [-0.2, -0.15) is 0 Å². The van der Waals surface area contributed by atoms with E-state index in [0.717, 1.165) is 47.9 Å². The van der Waals surface area contributed by atoms with Crippen molar-refractivity contribution in [1.29, 1.82) is 0 Å². The molecule has 114 valence electrons. The predicted molar refractivity (Wildman–Crippen MR) is 85.1 cm³/mol. The summed E-state index contributed by atoms with van der Waals surface area (Å²) in [6.07, 6.45) is 2.77. The van der Waals surface area contributed by atoms with Crippen LogP contribution in [0.25, 0.3) is 0 Å². The quantitative estimate of drug-likeness (QED) is 0.759. The van der Waals surface area contributed by atoms with Crippen LogP contribution in [-0.2, 0) is 12.8 Å². The van der Waals surface area contributed by atoms with Crippen molar-refractivity contribution in [2.24, 2.45) is 5.92 Å². The number of nitrogens with one attached hydrogen (secondary N) is 1. The largest absolute Gasteiger partial charge is 0.316 e. The lowest BCUT2D eigenvalue weighted by molar-refractivity contribution is 0.542. The van der Waals surface area contributed by atoms with Gasteiger partial charge in [-0.3, -0.25) is 0 Å². The molecule has 2 rings (SSSR count). The summed E-state index contributed by atoms with van der Waals surface area (Å²) >= 11 is 1.65. The van der Waals surface area contributed by atoms with E-state index in [1.54, 1.807) is 23.5 Å². The fourth-order valence-electron chi connectivity index (χ4n) is 1.99. The average molecular weight is 307 g/mol. The molecule has 0 aliphatic heterocycles. The van der Waals surface area contributed by atoms with E-state index in [0.29, 0.717) is 5.92 Å². The molecule has 1 N–H and O–H groups in total. The summed E-state index contributed by atoms with van der Waals surface area (Å²) < 4.78 is 12.9. The molecule has 1 aromatic heterocycles. The van der Waals surface area contributed by atoms with Gasteiger partial charge in [0.25, 0.3) is 0 Å². The van der Waals surface area contributed by atoms with Crippen LogP contribution in [0.1, 0.15) is 35.8 Å². The Bertz CT molecular complexity index is 537. The van der Waals surface area contributed by atoms with Gasteiger partial charge in [0.2, 0.25) is 0 Å². The molecule has 0 aliphatic rings. The van der Waals surface area contributed by atoms with Gasteiger partial charge in [-0.25, -0.2) is 4.39 Å². The lowest BCUT2D eigenvalue weighted by Crippen LogP contribution is -2.21. The zero-order valence-corrected chi connectivity index (χ0v) is 13.4. The van der Waals surface area contributed by atoms with Crippen LogP contribution in [0.2, 0.25) is 0 Å². The molecule has 5 heteroatoms. The molecule has 0 aliphatic carbocycles. The second-order valence-corrected chi connectivity index (χ2v) is 6.74. The van der Waals surface area contributed by atoms with Gasteiger partial charge in [-0.15, -0.1) is 21.5 Å². The van der Waals surface area contributed by atoms with E-state index < -0.39 is 0 Å². The van der Waals surface area contributed by atoms with Gasteiger partial charge < -0.3 is 5.32 Å². The van der Waals surface area contributed by atoms with E-state index >= 15 is 0 Å². The number of hydrogen-bond donors (Lipinski definition) is 1. The SMILES string of the molecule is CC(C)CNCCCc1nnc(Cc2ccc(F)cc2)s1. The Balaban J connectivity index is 1.75. The van der Waals surface area contributed by atoms with Crippen LogP contribution in [-0.4, -0.2) is 23.3 Å². The minimum absolute atomic E-state index is 0.203. The van der Waals surface area contributed by atoms with Crippen molar-refractivity contribution < 1.29 is 4.39 Å². The highest BCUT2D eigenvalue weighted by Crippen LogP contribution is 2.16. The van der Waals surface area contributed by atoms with Crippen LogP contribution < -0.4 is 5.32 Å². The van der Waals surface area contributed by atoms with Gasteiger partial charge in [-0.1, -0.05) is 26.0 Å². The molecule has 0 fully saturated rings. The summed E-state index contributed by atoms with van der Waals surface area (Å²) in [7, 11) is 0. The second-order valence-electron chi connectivity index (χ2n) is 5.59. The van der Waals surface area contributed by atoms with Gasteiger partial charge in [0.1, 0.15) is 15.8 Å². The monoisotopic (exact) mass is 307 g/mol. The van der Waals surface area contributed by atoms with Crippen molar-refractivity contribution in [1.82, 2.24) is 15.5 Å². The number of benzene rings is 1. The fourth-order valence-corrected chi connectivity index (χ4v) is 2.91. The minimum Gasteiger partial charge on any atom is -0.316 e. The maximum Gasteiger partial charge on any atom is 0.123 e. The first kappa shape index (κ1) is 16.0. The molecule has 0 saturated heterocycles. The molecule has 1 aromatic carbocycles. The van der Waals surface area contributed by atoms with E-state index in [1.807, 2.05) is 0 Å². The Morgan fingerprint density at radius 3 is 2.57 bits per heavy atom. The van der Waals surface area contributed by atoms with Crippen LogP contribution >= 0.6 is 11.3 Å². The Kier molecular flexibility index (Phi) is 6.26. The molecule has 3 nitrogen and oxygen atoms in total. The maximum atomic E-state index is 12.9. The lowest BCUT2D eigenvalue weighted by Gasteiger charge is -2.05. The molecule has 0 saturated carbocycles. The highest BCUT2D eigenvalue weighted by atomic mass is 32.1. The molecular formula is C16H22FN3S. The Morgan fingerprint density at radius 2 is 1.86 bits per heavy atom. The topological polar surface area (TPSA) is 37.8 Å². The molecule has 0 bridgehead atoms. The van der Waals surface area contributed by atoms with Crippen molar-refractivity contribution >= 4 is 11.3 Å². The second kappa shape index (κ2) is 8.20. The third-order valence-corrected chi connectivity index (χ3v) is 4.06. The van der Waals surface area contributed by atoms with Crippen molar-refractivity contribution in [3.63, 3.8) is 0 Å². The molecule has 0 spiro atoms. The first-order chi connectivity index (χ1) is 10.1. The number of rotatable bonds is 8. The highest BCUT2D eigenvalue weighted by Gasteiger charge is 2.05. The minimum atomic E-state index is -0.203. The van der Waals surface area contributed by atoms with Crippen molar-refractivity contribution in [2.75, 3.05) is 13.1 Å². The van der Waals surface area contributed by atoms with Crippen molar-refractivity contribution in [2.45, 2.75) is 33.1 Å². The van der Waals surface area contributed by atoms with Gasteiger partial charge in [-0.05, 0) is 43.1 Å². The smallest absolute Gasteiger partial charge is 0.123 e. The number of aromatic nitrogens is 2. The van der Waals surface area contributed by atoms with Crippen LogP contribution in [0.3, 0.4) is 0 Å². The fraction of sp³-hybridized carbons (Fsp3) is 0.500. The molecule has 0 atom stereocenters. The van der Waals surface area contributed by atoms with Crippen LogP contribution in [0.5, 0.6) is 0 Å². The first-order valence-electron chi connectivity index (χ1n) is 7.40. The summed E-state index contributed by atoms with van der Waals surface area (Å²) in [5.41, 5.74) is 1.07. The van der Waals surface area contributed by atoms with E-state index in [1.165, 1.54) is 12.1 Å². The number of nitrogens with zero attached hydrogens (tertiary/aromatic N) is 2. The number of hydrogen-bond acceptors (Lipinski definition) is 4. The zero-order chi connectivity index (χ0) is 15.1. The van der Waals surface area contributed by atoms with Gasteiger partial charge in [0.15, 0.2) is 0 Å². The third kappa shape index (κ3) is 5.89. The van der Waals surface area contributed by atoms with Gasteiger partial charge in [0.05, 0.1) is 0 Å². The van der Waals surface area contributed by atoms with E-state index in [9.17, 15) is 4.39 Å².